The normalized spacial score (nSPS) is 10.5. The minimum Gasteiger partial charge on any atom is -0.462 e. The van der Waals surface area contributed by atoms with Gasteiger partial charge in [-0.2, -0.15) is 0 Å². The Kier molecular flexibility index (Phi) is 7.23. The van der Waals surface area contributed by atoms with Crippen LogP contribution in [0.15, 0.2) is 40.8 Å². The molecule has 172 valence electrons. The number of hydrogen-bond acceptors (Lipinski definition) is 9. The molecule has 3 aromatic rings. The third-order valence-electron chi connectivity index (χ3n) is 4.51. The summed E-state index contributed by atoms with van der Waals surface area (Å²) >= 11 is 0.883. The average molecular weight is 472 g/mol. The summed E-state index contributed by atoms with van der Waals surface area (Å²) in [5.41, 5.74) is 0.415. The molecule has 0 saturated carbocycles. The van der Waals surface area contributed by atoms with Gasteiger partial charge in [0, 0.05) is 6.07 Å². The minimum atomic E-state index is -0.706. The Hall–Kier alpha value is -3.99. The fourth-order valence-electron chi connectivity index (χ4n) is 3.05. The molecule has 0 aliphatic rings. The van der Waals surface area contributed by atoms with Crippen LogP contribution in [0.5, 0.6) is 0 Å². The Morgan fingerprint density at radius 1 is 1.06 bits per heavy atom. The van der Waals surface area contributed by atoms with Crippen molar-refractivity contribution in [2.75, 3.05) is 18.5 Å². The molecule has 2 aromatic heterocycles. The molecule has 0 atom stereocenters. The number of carbonyl (C=O) groups excluding carboxylic acids is 3. The maximum atomic E-state index is 12.8. The largest absolute Gasteiger partial charge is 0.462 e. The van der Waals surface area contributed by atoms with Crippen molar-refractivity contribution in [3.63, 3.8) is 0 Å². The van der Waals surface area contributed by atoms with Crippen molar-refractivity contribution in [2.45, 2.75) is 20.8 Å². The predicted octanol–water partition coefficient (Wildman–Crippen LogP) is 4.83. The zero-order valence-corrected chi connectivity index (χ0v) is 18.8. The number of hydrogen-bond donors (Lipinski definition) is 1. The van der Waals surface area contributed by atoms with Crippen LogP contribution < -0.4 is 5.32 Å². The van der Waals surface area contributed by atoms with Gasteiger partial charge in [-0.1, -0.05) is 12.1 Å². The Labute approximate surface area is 192 Å². The number of para-hydroxylation sites is 1. The topological polar surface area (TPSA) is 138 Å². The molecule has 10 nitrogen and oxygen atoms in total. The third kappa shape index (κ3) is 4.93. The van der Waals surface area contributed by atoms with Gasteiger partial charge >= 0.3 is 11.9 Å². The summed E-state index contributed by atoms with van der Waals surface area (Å²) in [6, 6.07) is 8.77. The highest BCUT2D eigenvalue weighted by Crippen LogP contribution is 2.35. The van der Waals surface area contributed by atoms with Gasteiger partial charge in [-0.15, -0.1) is 11.3 Å². The molecule has 3 rings (SSSR count). The van der Waals surface area contributed by atoms with Crippen molar-refractivity contribution < 1.29 is 33.2 Å². The van der Waals surface area contributed by atoms with Gasteiger partial charge in [-0.3, -0.25) is 14.9 Å². The molecule has 1 N–H and O–H groups in total. The number of esters is 2. The van der Waals surface area contributed by atoms with Crippen LogP contribution in [0.1, 0.15) is 50.0 Å². The molecule has 1 amide bonds. The first-order valence-electron chi connectivity index (χ1n) is 9.91. The van der Waals surface area contributed by atoms with E-state index in [0.29, 0.717) is 5.56 Å². The van der Waals surface area contributed by atoms with Crippen LogP contribution in [-0.2, 0) is 9.47 Å². The van der Waals surface area contributed by atoms with E-state index < -0.39 is 22.8 Å². The molecular formula is C22H20N2O8S. The third-order valence-corrected chi connectivity index (χ3v) is 5.70. The van der Waals surface area contributed by atoms with Gasteiger partial charge in [0.15, 0.2) is 5.76 Å². The predicted molar refractivity (Wildman–Crippen MR) is 120 cm³/mol. The van der Waals surface area contributed by atoms with E-state index in [4.69, 9.17) is 13.9 Å². The number of nitro benzene ring substituents is 1. The number of rotatable bonds is 8. The lowest BCUT2D eigenvalue weighted by Crippen LogP contribution is -2.14. The van der Waals surface area contributed by atoms with E-state index in [2.05, 4.69) is 5.32 Å². The molecule has 11 heteroatoms. The van der Waals surface area contributed by atoms with Gasteiger partial charge in [0.2, 0.25) is 0 Å². The highest BCUT2D eigenvalue weighted by atomic mass is 32.1. The summed E-state index contributed by atoms with van der Waals surface area (Å²) in [5, 5.41) is 13.9. The number of ether oxygens (including phenoxy) is 2. The van der Waals surface area contributed by atoms with E-state index in [0.717, 1.165) is 11.3 Å². The molecule has 2 heterocycles. The van der Waals surface area contributed by atoms with Crippen LogP contribution in [0.25, 0.3) is 11.3 Å². The van der Waals surface area contributed by atoms with Gasteiger partial charge in [0.25, 0.3) is 11.6 Å². The lowest BCUT2D eigenvalue weighted by Gasteiger charge is -2.06. The summed E-state index contributed by atoms with van der Waals surface area (Å²) in [6.45, 7) is 5.10. The molecule has 0 unspecified atom stereocenters. The fraction of sp³-hybridized carbons (Fsp3) is 0.227. The van der Waals surface area contributed by atoms with Crippen LogP contribution in [0.4, 0.5) is 10.7 Å². The lowest BCUT2D eigenvalue weighted by atomic mass is 10.1. The maximum Gasteiger partial charge on any atom is 0.348 e. The zero-order valence-electron chi connectivity index (χ0n) is 18.0. The van der Waals surface area contributed by atoms with Crippen molar-refractivity contribution in [2.24, 2.45) is 0 Å². The first-order chi connectivity index (χ1) is 15.8. The summed E-state index contributed by atoms with van der Waals surface area (Å²) in [4.78, 5) is 48.5. The van der Waals surface area contributed by atoms with Crippen molar-refractivity contribution in [3.8, 4) is 11.3 Å². The SMILES string of the molecule is CCOC(=O)c1sc(NC(=O)c2ccc(-c3ccccc3[N+](=O)[O-])o2)c(C(=O)OCC)c1C. The Bertz CT molecular complexity index is 1230. The van der Waals surface area contributed by atoms with Crippen LogP contribution in [0, 0.1) is 17.0 Å². The zero-order chi connectivity index (χ0) is 24.1. The Morgan fingerprint density at radius 3 is 2.39 bits per heavy atom. The summed E-state index contributed by atoms with van der Waals surface area (Å²) in [5.74, 6) is -2.03. The summed E-state index contributed by atoms with van der Waals surface area (Å²) < 4.78 is 15.6. The van der Waals surface area contributed by atoms with Gasteiger partial charge in [0.05, 0.1) is 29.3 Å². The van der Waals surface area contributed by atoms with Crippen molar-refractivity contribution in [3.05, 3.63) is 68.3 Å². The molecule has 1 aromatic carbocycles. The lowest BCUT2D eigenvalue weighted by molar-refractivity contribution is -0.384. The van der Waals surface area contributed by atoms with Gasteiger partial charge in [-0.25, -0.2) is 9.59 Å². The number of amides is 1. The molecule has 0 spiro atoms. The number of carbonyl (C=O) groups is 3. The number of benzene rings is 1. The molecule has 0 aliphatic carbocycles. The van der Waals surface area contributed by atoms with Crippen molar-refractivity contribution in [1.29, 1.82) is 0 Å². The van der Waals surface area contributed by atoms with Crippen LogP contribution in [0.2, 0.25) is 0 Å². The number of nitrogens with one attached hydrogen (secondary N) is 1. The number of nitrogens with zero attached hydrogens (tertiary/aromatic N) is 1. The van der Waals surface area contributed by atoms with Crippen molar-refractivity contribution in [1.82, 2.24) is 0 Å². The second-order valence-corrected chi connectivity index (χ2v) is 7.61. The first kappa shape index (κ1) is 23.7. The van der Waals surface area contributed by atoms with E-state index in [1.54, 1.807) is 26.8 Å². The Balaban J connectivity index is 1.93. The van der Waals surface area contributed by atoms with Crippen LogP contribution in [-0.4, -0.2) is 36.0 Å². The molecule has 33 heavy (non-hydrogen) atoms. The summed E-state index contributed by atoms with van der Waals surface area (Å²) in [7, 11) is 0. The fourth-order valence-corrected chi connectivity index (χ4v) is 4.14. The highest BCUT2D eigenvalue weighted by molar-refractivity contribution is 7.18. The number of thiophene rings is 1. The van der Waals surface area contributed by atoms with E-state index in [1.165, 1.54) is 30.3 Å². The number of anilines is 1. The van der Waals surface area contributed by atoms with Crippen LogP contribution >= 0.6 is 11.3 Å². The minimum absolute atomic E-state index is 0.0451. The van der Waals surface area contributed by atoms with Crippen LogP contribution in [0.3, 0.4) is 0 Å². The molecule has 0 radical (unpaired) electrons. The second kappa shape index (κ2) is 10.1. The van der Waals surface area contributed by atoms with E-state index in [9.17, 15) is 24.5 Å². The van der Waals surface area contributed by atoms with E-state index in [-0.39, 0.29) is 51.4 Å². The van der Waals surface area contributed by atoms with E-state index in [1.807, 2.05) is 0 Å². The maximum absolute atomic E-state index is 12.8. The monoisotopic (exact) mass is 472 g/mol. The highest BCUT2D eigenvalue weighted by Gasteiger charge is 2.28. The summed E-state index contributed by atoms with van der Waals surface area (Å²) in [6.07, 6.45) is 0. The molecular weight excluding hydrogens is 452 g/mol. The second-order valence-electron chi connectivity index (χ2n) is 6.59. The van der Waals surface area contributed by atoms with Gasteiger partial charge in [-0.05, 0) is 44.5 Å². The molecule has 0 bridgehead atoms. The first-order valence-corrected chi connectivity index (χ1v) is 10.7. The molecule has 0 aliphatic heterocycles. The van der Waals surface area contributed by atoms with E-state index >= 15 is 0 Å². The molecule has 0 saturated heterocycles. The standard InChI is InChI=1S/C22H20N2O8S/c1-4-30-21(26)17-12(3)18(22(27)31-5-2)33-20(17)23-19(25)16-11-10-15(32-16)13-8-6-7-9-14(13)24(28)29/h6-11H,4-5H2,1-3H3,(H,23,25). The number of furan rings is 1. The number of nitro groups is 1. The van der Waals surface area contributed by atoms with Gasteiger partial charge < -0.3 is 19.2 Å². The van der Waals surface area contributed by atoms with Crippen molar-refractivity contribution >= 4 is 39.9 Å². The van der Waals surface area contributed by atoms with Gasteiger partial charge in [0.1, 0.15) is 15.6 Å². The molecule has 0 fully saturated rings. The average Bonchev–Trinajstić information content (AvgIpc) is 3.39. The smallest absolute Gasteiger partial charge is 0.348 e. The quantitative estimate of drug-likeness (QED) is 0.279. The Morgan fingerprint density at radius 2 is 1.73 bits per heavy atom.